The molecule has 1 atom stereocenters. The molecule has 1 fully saturated rings. The quantitative estimate of drug-likeness (QED) is 0.877. The monoisotopic (exact) mass is 362 g/mol. The molecule has 1 unspecified atom stereocenters. The summed E-state index contributed by atoms with van der Waals surface area (Å²) in [5, 5.41) is 18.1. The van der Waals surface area contributed by atoms with Crippen molar-refractivity contribution >= 4 is 27.6 Å². The molecule has 0 aromatic heterocycles. The first-order chi connectivity index (χ1) is 9.73. The maximum atomic E-state index is 13.1. The van der Waals surface area contributed by atoms with Crippen LogP contribution in [0.15, 0.2) is 22.7 Å². The molecular formula is C13H10BrF3N2O2. The van der Waals surface area contributed by atoms with Gasteiger partial charge in [-0.1, -0.05) is 6.07 Å². The summed E-state index contributed by atoms with van der Waals surface area (Å²) in [6.45, 7) is -0.770. The maximum absolute atomic E-state index is 13.1. The Labute approximate surface area is 126 Å². The molecule has 0 radical (unpaired) electrons. The first kappa shape index (κ1) is 15.6. The lowest BCUT2D eigenvalue weighted by atomic mass is 9.86. The Hall–Kier alpha value is -1.75. The van der Waals surface area contributed by atoms with Crippen molar-refractivity contribution in [2.45, 2.75) is 12.6 Å². The van der Waals surface area contributed by atoms with Gasteiger partial charge in [0.1, 0.15) is 6.07 Å². The van der Waals surface area contributed by atoms with Crippen molar-refractivity contribution in [3.05, 3.63) is 28.2 Å². The zero-order chi connectivity index (χ0) is 15.8. The molecule has 1 heterocycles. The van der Waals surface area contributed by atoms with Gasteiger partial charge < -0.3 is 10.0 Å². The van der Waals surface area contributed by atoms with Crippen LogP contribution < -0.4 is 4.90 Å². The van der Waals surface area contributed by atoms with Gasteiger partial charge in [-0.2, -0.15) is 18.4 Å². The van der Waals surface area contributed by atoms with Crippen molar-refractivity contribution in [1.82, 2.24) is 0 Å². The van der Waals surface area contributed by atoms with Crippen LogP contribution in [0.5, 0.6) is 0 Å². The van der Waals surface area contributed by atoms with Gasteiger partial charge in [0.25, 0.3) is 0 Å². The van der Waals surface area contributed by atoms with E-state index < -0.39 is 30.5 Å². The third kappa shape index (κ3) is 2.46. The second-order valence-electron chi connectivity index (χ2n) is 4.80. The molecule has 1 aromatic rings. The normalized spacial score (nSPS) is 22.1. The second-order valence-corrected chi connectivity index (χ2v) is 5.66. The van der Waals surface area contributed by atoms with E-state index in [1.807, 2.05) is 6.07 Å². The molecule has 1 aliphatic heterocycles. The largest absolute Gasteiger partial charge is 0.481 e. The molecule has 1 N–H and O–H groups in total. The van der Waals surface area contributed by atoms with E-state index >= 15 is 0 Å². The molecule has 1 saturated heterocycles. The average Bonchev–Trinajstić information content (AvgIpc) is 2.84. The van der Waals surface area contributed by atoms with Crippen LogP contribution in [0.1, 0.15) is 12.0 Å². The van der Waals surface area contributed by atoms with Crippen molar-refractivity contribution in [3.63, 3.8) is 0 Å². The van der Waals surface area contributed by atoms with Crippen LogP contribution in [-0.2, 0) is 4.79 Å². The lowest BCUT2D eigenvalue weighted by molar-refractivity contribution is -0.225. The standard InChI is InChI=1S/C13H10BrF3N2O2/c14-9-2-1-3-10(8(9)6-18)19-5-4-12(7-19,11(20)21)13(15,16)17/h1-3H,4-5,7H2,(H,20,21). The number of nitrogens with zero attached hydrogens (tertiary/aromatic N) is 2. The minimum atomic E-state index is -4.84. The van der Waals surface area contributed by atoms with Gasteiger partial charge >= 0.3 is 12.1 Å². The fourth-order valence-corrected chi connectivity index (χ4v) is 2.87. The summed E-state index contributed by atoms with van der Waals surface area (Å²) in [6.07, 6.45) is -5.38. The Balaban J connectivity index is 2.42. The highest BCUT2D eigenvalue weighted by Crippen LogP contribution is 2.47. The van der Waals surface area contributed by atoms with Crippen molar-refractivity contribution in [2.24, 2.45) is 5.41 Å². The van der Waals surface area contributed by atoms with Gasteiger partial charge in [0.05, 0.1) is 11.3 Å². The molecular weight excluding hydrogens is 353 g/mol. The van der Waals surface area contributed by atoms with Gasteiger partial charge in [-0.05, 0) is 34.5 Å². The van der Waals surface area contributed by atoms with Crippen LogP contribution >= 0.6 is 15.9 Å². The number of hydrogen-bond acceptors (Lipinski definition) is 3. The van der Waals surface area contributed by atoms with Crippen LogP contribution in [0.25, 0.3) is 0 Å². The van der Waals surface area contributed by atoms with Gasteiger partial charge in [0.2, 0.25) is 0 Å². The zero-order valence-corrected chi connectivity index (χ0v) is 12.2. The van der Waals surface area contributed by atoms with Gasteiger partial charge in [-0.15, -0.1) is 0 Å². The summed E-state index contributed by atoms with van der Waals surface area (Å²) < 4.78 is 39.9. The minimum Gasteiger partial charge on any atom is -0.481 e. The number of nitriles is 1. The molecule has 0 amide bonds. The molecule has 0 saturated carbocycles. The van der Waals surface area contributed by atoms with E-state index in [0.717, 1.165) is 0 Å². The fourth-order valence-electron chi connectivity index (χ4n) is 2.43. The first-order valence-corrected chi connectivity index (χ1v) is 6.76. The van der Waals surface area contributed by atoms with Gasteiger partial charge in [0.15, 0.2) is 5.41 Å². The lowest BCUT2D eigenvalue weighted by Gasteiger charge is -2.28. The van der Waals surface area contributed by atoms with Crippen LogP contribution in [0.3, 0.4) is 0 Å². The molecule has 0 bridgehead atoms. The van der Waals surface area contributed by atoms with E-state index in [2.05, 4.69) is 15.9 Å². The number of alkyl halides is 3. The van der Waals surface area contributed by atoms with Crippen LogP contribution in [0, 0.1) is 16.7 Å². The number of hydrogen-bond donors (Lipinski definition) is 1. The Morgan fingerprint density at radius 1 is 1.48 bits per heavy atom. The third-order valence-electron chi connectivity index (χ3n) is 3.67. The first-order valence-electron chi connectivity index (χ1n) is 5.96. The van der Waals surface area contributed by atoms with Crippen molar-refractivity contribution in [2.75, 3.05) is 18.0 Å². The Kier molecular flexibility index (Phi) is 3.89. The molecule has 8 heteroatoms. The summed E-state index contributed by atoms with van der Waals surface area (Å²) in [6, 6.07) is 6.63. The van der Waals surface area contributed by atoms with E-state index in [-0.39, 0.29) is 12.1 Å². The third-order valence-corrected chi connectivity index (χ3v) is 4.33. The SMILES string of the molecule is N#Cc1c(Br)cccc1N1CCC(C(=O)O)(C(F)(F)F)C1. The number of carbonyl (C=O) groups is 1. The van der Waals surface area contributed by atoms with Crippen molar-refractivity contribution in [3.8, 4) is 6.07 Å². The molecule has 0 spiro atoms. The number of carboxylic acids is 1. The Bertz CT molecular complexity index is 627. The van der Waals surface area contributed by atoms with Gasteiger partial charge in [-0.25, -0.2) is 0 Å². The number of anilines is 1. The van der Waals surface area contributed by atoms with Crippen molar-refractivity contribution in [1.29, 1.82) is 5.26 Å². The van der Waals surface area contributed by atoms with Crippen LogP contribution in [0.2, 0.25) is 0 Å². The molecule has 0 aliphatic carbocycles. The summed E-state index contributed by atoms with van der Waals surface area (Å²) in [7, 11) is 0. The van der Waals surface area contributed by atoms with E-state index in [1.54, 1.807) is 12.1 Å². The highest BCUT2D eigenvalue weighted by atomic mass is 79.9. The van der Waals surface area contributed by atoms with E-state index in [4.69, 9.17) is 10.4 Å². The second kappa shape index (κ2) is 5.22. The summed E-state index contributed by atoms with van der Waals surface area (Å²) in [4.78, 5) is 12.4. The minimum absolute atomic E-state index is 0.0725. The van der Waals surface area contributed by atoms with Crippen LogP contribution in [0.4, 0.5) is 18.9 Å². The Morgan fingerprint density at radius 3 is 2.62 bits per heavy atom. The van der Waals surface area contributed by atoms with Crippen molar-refractivity contribution < 1.29 is 23.1 Å². The summed E-state index contributed by atoms with van der Waals surface area (Å²) >= 11 is 3.16. The smallest absolute Gasteiger partial charge is 0.406 e. The summed E-state index contributed by atoms with van der Waals surface area (Å²) in [5.74, 6) is -1.88. The lowest BCUT2D eigenvalue weighted by Crippen LogP contribution is -2.47. The number of aliphatic carboxylic acids is 1. The number of rotatable bonds is 2. The predicted molar refractivity (Wildman–Crippen MR) is 71.8 cm³/mol. The zero-order valence-electron chi connectivity index (χ0n) is 10.6. The average molecular weight is 363 g/mol. The highest BCUT2D eigenvalue weighted by Gasteiger charge is 2.63. The number of halogens is 4. The topological polar surface area (TPSA) is 64.3 Å². The van der Waals surface area contributed by atoms with Crippen LogP contribution in [-0.4, -0.2) is 30.3 Å². The van der Waals surface area contributed by atoms with Gasteiger partial charge in [-0.3, -0.25) is 4.79 Å². The predicted octanol–water partition coefficient (Wildman–Crippen LogP) is 3.16. The number of benzene rings is 1. The highest BCUT2D eigenvalue weighted by molar-refractivity contribution is 9.10. The maximum Gasteiger partial charge on any atom is 0.406 e. The molecule has 21 heavy (non-hydrogen) atoms. The molecule has 112 valence electrons. The molecule has 2 rings (SSSR count). The number of carboxylic acid groups (broad SMARTS) is 1. The fraction of sp³-hybridized carbons (Fsp3) is 0.385. The molecule has 1 aromatic carbocycles. The van der Waals surface area contributed by atoms with E-state index in [1.165, 1.54) is 11.0 Å². The van der Waals surface area contributed by atoms with E-state index in [0.29, 0.717) is 10.2 Å². The molecule has 1 aliphatic rings. The molecule has 4 nitrogen and oxygen atoms in total. The summed E-state index contributed by atoms with van der Waals surface area (Å²) in [5.41, 5.74) is -2.29. The van der Waals surface area contributed by atoms with E-state index in [9.17, 15) is 18.0 Å². The van der Waals surface area contributed by atoms with Gasteiger partial charge in [0, 0.05) is 17.6 Å². The Morgan fingerprint density at radius 2 is 2.14 bits per heavy atom.